The van der Waals surface area contributed by atoms with E-state index >= 15 is 0 Å². The largest absolute Gasteiger partial charge is 0.390 e. The van der Waals surface area contributed by atoms with E-state index in [0.717, 1.165) is 16.7 Å². The highest BCUT2D eigenvalue weighted by Gasteiger charge is 2.35. The van der Waals surface area contributed by atoms with Gasteiger partial charge in [0.2, 0.25) is 5.91 Å². The summed E-state index contributed by atoms with van der Waals surface area (Å²) in [5, 5.41) is 12.0. The van der Waals surface area contributed by atoms with Crippen molar-refractivity contribution >= 4 is 46.7 Å². The van der Waals surface area contributed by atoms with Crippen LogP contribution in [0.4, 0.5) is 9.18 Å². The Bertz CT molecular complexity index is 771. The van der Waals surface area contributed by atoms with Crippen molar-refractivity contribution < 1.29 is 23.9 Å². The molecular formula is C17H17FN2O4S2. The molecule has 0 unspecified atom stereocenters. The highest BCUT2D eigenvalue weighted by molar-refractivity contribution is 8.18. The third-order valence-electron chi connectivity index (χ3n) is 3.98. The molecule has 1 aromatic carbocycles. The quantitative estimate of drug-likeness (QED) is 0.739. The van der Waals surface area contributed by atoms with Gasteiger partial charge in [0.1, 0.15) is 5.82 Å². The molecule has 0 bridgehead atoms. The molecule has 0 radical (unpaired) electrons. The van der Waals surface area contributed by atoms with E-state index in [-0.39, 0.29) is 29.8 Å². The van der Waals surface area contributed by atoms with Crippen LogP contribution in [0.5, 0.6) is 0 Å². The molecule has 2 saturated heterocycles. The standard InChI is InChI=1S/C17H17FN2O4S2/c18-11-3-1-2-10(6-11)7-14-16(23)20(17(24)26-14)5-4-15(22)19-12-8-25-9-13(12)21/h1-3,6-7,12-13,21H,4-5,8-9H2,(H,19,22)/b14-7-/t12-,13+/m0/s1. The number of rotatable bonds is 5. The molecule has 1 aromatic rings. The Morgan fingerprint density at radius 1 is 1.38 bits per heavy atom. The summed E-state index contributed by atoms with van der Waals surface area (Å²) >= 11 is 2.33. The first-order chi connectivity index (χ1) is 12.4. The zero-order valence-electron chi connectivity index (χ0n) is 13.7. The SMILES string of the molecule is O=C(CCN1C(=O)S/C(=C\c2cccc(F)c2)C1=O)N[C@H]1CSC[C@H]1O. The second-order valence-electron chi connectivity index (χ2n) is 5.92. The molecule has 2 aliphatic heterocycles. The topological polar surface area (TPSA) is 86.7 Å². The van der Waals surface area contributed by atoms with Crippen LogP contribution in [0.3, 0.4) is 0 Å². The van der Waals surface area contributed by atoms with Crippen LogP contribution in [-0.2, 0) is 9.59 Å². The van der Waals surface area contributed by atoms with Gasteiger partial charge in [0, 0.05) is 24.5 Å². The van der Waals surface area contributed by atoms with Gasteiger partial charge in [-0.3, -0.25) is 19.3 Å². The molecule has 0 aromatic heterocycles. The fourth-order valence-electron chi connectivity index (χ4n) is 2.61. The number of aliphatic hydroxyl groups excluding tert-OH is 1. The number of thioether (sulfide) groups is 2. The van der Waals surface area contributed by atoms with E-state index in [1.54, 1.807) is 17.8 Å². The second kappa shape index (κ2) is 8.24. The highest BCUT2D eigenvalue weighted by atomic mass is 32.2. The van der Waals surface area contributed by atoms with Crippen molar-refractivity contribution in [1.82, 2.24) is 10.2 Å². The maximum Gasteiger partial charge on any atom is 0.293 e. The predicted molar refractivity (Wildman–Crippen MR) is 99.0 cm³/mol. The van der Waals surface area contributed by atoms with Gasteiger partial charge in [-0.05, 0) is 35.5 Å². The Hall–Kier alpha value is -1.84. The Kier molecular flexibility index (Phi) is 6.00. The number of amides is 3. The predicted octanol–water partition coefficient (Wildman–Crippen LogP) is 1.84. The molecule has 2 heterocycles. The van der Waals surface area contributed by atoms with Crippen molar-refractivity contribution in [3.63, 3.8) is 0 Å². The molecule has 3 rings (SSSR count). The number of carbonyl (C=O) groups excluding carboxylic acids is 3. The van der Waals surface area contributed by atoms with Crippen LogP contribution in [0, 0.1) is 5.82 Å². The molecule has 2 fully saturated rings. The van der Waals surface area contributed by atoms with Gasteiger partial charge < -0.3 is 10.4 Å². The first-order valence-electron chi connectivity index (χ1n) is 8.00. The number of halogens is 1. The van der Waals surface area contributed by atoms with E-state index < -0.39 is 23.1 Å². The van der Waals surface area contributed by atoms with Gasteiger partial charge in [-0.15, -0.1) is 0 Å². The molecule has 0 saturated carbocycles. The van der Waals surface area contributed by atoms with Crippen LogP contribution in [-0.4, -0.2) is 57.3 Å². The van der Waals surface area contributed by atoms with E-state index in [4.69, 9.17) is 0 Å². The van der Waals surface area contributed by atoms with E-state index in [2.05, 4.69) is 5.32 Å². The Labute approximate surface area is 158 Å². The second-order valence-corrected chi connectivity index (χ2v) is 7.99. The highest BCUT2D eigenvalue weighted by Crippen LogP contribution is 2.32. The fourth-order valence-corrected chi connectivity index (χ4v) is 4.65. The number of benzene rings is 1. The summed E-state index contributed by atoms with van der Waals surface area (Å²) in [5.41, 5.74) is 0.487. The lowest BCUT2D eigenvalue weighted by molar-refractivity contribution is -0.124. The van der Waals surface area contributed by atoms with Crippen molar-refractivity contribution in [3.8, 4) is 0 Å². The Balaban J connectivity index is 1.58. The van der Waals surface area contributed by atoms with Crippen LogP contribution >= 0.6 is 23.5 Å². The average Bonchev–Trinajstić information content (AvgIpc) is 3.10. The number of hydrogen-bond acceptors (Lipinski definition) is 6. The molecule has 6 nitrogen and oxygen atoms in total. The lowest BCUT2D eigenvalue weighted by Gasteiger charge is -2.17. The summed E-state index contributed by atoms with van der Waals surface area (Å²) in [6.07, 6.45) is 0.856. The van der Waals surface area contributed by atoms with Crippen molar-refractivity contribution in [2.24, 2.45) is 0 Å². The molecule has 2 atom stereocenters. The number of carbonyl (C=O) groups is 3. The fraction of sp³-hybridized carbons (Fsp3) is 0.353. The summed E-state index contributed by atoms with van der Waals surface area (Å²) in [6.45, 7) is -0.0348. The van der Waals surface area contributed by atoms with E-state index in [0.29, 0.717) is 17.1 Å². The molecule has 138 valence electrons. The zero-order chi connectivity index (χ0) is 18.7. The van der Waals surface area contributed by atoms with Gasteiger partial charge in [0.15, 0.2) is 0 Å². The van der Waals surface area contributed by atoms with Crippen molar-refractivity contribution in [1.29, 1.82) is 0 Å². The molecule has 2 aliphatic rings. The van der Waals surface area contributed by atoms with Gasteiger partial charge >= 0.3 is 0 Å². The minimum atomic E-state index is -0.574. The molecular weight excluding hydrogens is 379 g/mol. The van der Waals surface area contributed by atoms with Crippen LogP contribution < -0.4 is 5.32 Å². The maximum absolute atomic E-state index is 13.2. The molecule has 9 heteroatoms. The number of nitrogens with one attached hydrogen (secondary N) is 1. The number of aliphatic hydroxyl groups is 1. The molecule has 2 N–H and O–H groups in total. The van der Waals surface area contributed by atoms with Crippen LogP contribution in [0.25, 0.3) is 6.08 Å². The van der Waals surface area contributed by atoms with Crippen molar-refractivity contribution in [2.45, 2.75) is 18.6 Å². The summed E-state index contributed by atoms with van der Waals surface area (Å²) in [4.78, 5) is 37.6. The van der Waals surface area contributed by atoms with E-state index in [1.165, 1.54) is 24.3 Å². The van der Waals surface area contributed by atoms with Gasteiger partial charge in [-0.1, -0.05) is 12.1 Å². The Morgan fingerprint density at radius 2 is 2.19 bits per heavy atom. The van der Waals surface area contributed by atoms with Crippen LogP contribution in [0.1, 0.15) is 12.0 Å². The molecule has 0 spiro atoms. The number of nitrogens with zero attached hydrogens (tertiary/aromatic N) is 1. The average molecular weight is 396 g/mol. The van der Waals surface area contributed by atoms with Gasteiger partial charge in [0.05, 0.1) is 17.1 Å². The zero-order valence-corrected chi connectivity index (χ0v) is 15.3. The van der Waals surface area contributed by atoms with Gasteiger partial charge in [-0.2, -0.15) is 11.8 Å². The van der Waals surface area contributed by atoms with E-state index in [9.17, 15) is 23.9 Å². The normalized spacial score (nSPS) is 24.5. The van der Waals surface area contributed by atoms with Gasteiger partial charge in [0.25, 0.3) is 11.1 Å². The lowest BCUT2D eigenvalue weighted by atomic mass is 10.2. The molecule has 26 heavy (non-hydrogen) atoms. The number of hydrogen-bond donors (Lipinski definition) is 2. The maximum atomic E-state index is 13.2. The summed E-state index contributed by atoms with van der Waals surface area (Å²) < 4.78 is 13.2. The molecule has 3 amide bonds. The third kappa shape index (κ3) is 4.46. The van der Waals surface area contributed by atoms with Crippen LogP contribution in [0.2, 0.25) is 0 Å². The smallest absolute Gasteiger partial charge is 0.293 e. The van der Waals surface area contributed by atoms with Crippen molar-refractivity contribution in [3.05, 3.63) is 40.6 Å². The summed E-state index contributed by atoms with van der Waals surface area (Å²) in [7, 11) is 0. The molecule has 0 aliphatic carbocycles. The van der Waals surface area contributed by atoms with E-state index in [1.807, 2.05) is 0 Å². The number of imide groups is 1. The third-order valence-corrected chi connectivity index (χ3v) is 6.06. The van der Waals surface area contributed by atoms with Crippen molar-refractivity contribution in [2.75, 3.05) is 18.1 Å². The van der Waals surface area contributed by atoms with Crippen LogP contribution in [0.15, 0.2) is 29.2 Å². The lowest BCUT2D eigenvalue weighted by Crippen LogP contribution is -2.43. The Morgan fingerprint density at radius 3 is 2.88 bits per heavy atom. The van der Waals surface area contributed by atoms with Gasteiger partial charge in [-0.25, -0.2) is 4.39 Å². The minimum Gasteiger partial charge on any atom is -0.390 e. The monoisotopic (exact) mass is 396 g/mol. The first kappa shape index (κ1) is 18.9. The first-order valence-corrected chi connectivity index (χ1v) is 9.97. The summed E-state index contributed by atoms with van der Waals surface area (Å²) in [6, 6.07) is 5.42. The summed E-state index contributed by atoms with van der Waals surface area (Å²) in [5.74, 6) is -0.0100. The minimum absolute atomic E-state index is 0.0286.